The number of hydrogen-bond donors (Lipinski definition) is 3. The van der Waals surface area contributed by atoms with Crippen molar-refractivity contribution in [2.24, 2.45) is 10.9 Å². The monoisotopic (exact) mass is 444 g/mol. The van der Waals surface area contributed by atoms with Gasteiger partial charge in [-0.25, -0.2) is 0 Å². The van der Waals surface area contributed by atoms with Crippen LogP contribution in [0.4, 0.5) is 0 Å². The number of nitrogens with zero attached hydrogens (tertiary/aromatic N) is 1. The molecule has 0 aromatic heterocycles. The van der Waals surface area contributed by atoms with Gasteiger partial charge in [0.2, 0.25) is 0 Å². The molecule has 0 radical (unpaired) electrons. The molecular formula is C18H29IN4O. The van der Waals surface area contributed by atoms with Crippen LogP contribution in [0.2, 0.25) is 0 Å². The van der Waals surface area contributed by atoms with Crippen molar-refractivity contribution in [2.45, 2.75) is 45.7 Å². The Morgan fingerprint density at radius 1 is 1.33 bits per heavy atom. The standard InChI is InChI=1S/C18H28N4O.HI/c1-4-13(2)22-17(23)16-7-5-6-15(10-16)12-21-18(19-3)20-11-14-8-9-14;/h5-7,10,13-14H,4,8-9,11-12H2,1-3H3,(H,22,23)(H2,19,20,21);1H. The van der Waals surface area contributed by atoms with Crippen molar-refractivity contribution in [1.29, 1.82) is 0 Å². The van der Waals surface area contributed by atoms with E-state index in [-0.39, 0.29) is 35.9 Å². The fraction of sp³-hybridized carbons (Fsp3) is 0.556. The molecule has 1 saturated carbocycles. The molecule has 2 rings (SSSR count). The molecule has 1 amide bonds. The number of rotatable bonds is 7. The number of aliphatic imine (C=N–C) groups is 1. The minimum absolute atomic E-state index is 0. The Morgan fingerprint density at radius 3 is 2.71 bits per heavy atom. The molecule has 6 heteroatoms. The molecule has 1 aliphatic rings. The van der Waals surface area contributed by atoms with E-state index in [0.717, 1.165) is 30.4 Å². The van der Waals surface area contributed by atoms with Gasteiger partial charge in [-0.1, -0.05) is 19.1 Å². The lowest BCUT2D eigenvalue weighted by Crippen LogP contribution is -2.38. The molecule has 1 atom stereocenters. The van der Waals surface area contributed by atoms with Gasteiger partial charge in [-0.15, -0.1) is 24.0 Å². The Bertz CT molecular complexity index is 558. The van der Waals surface area contributed by atoms with Crippen LogP contribution in [-0.4, -0.2) is 31.5 Å². The van der Waals surface area contributed by atoms with Gasteiger partial charge < -0.3 is 16.0 Å². The normalized spacial score (nSPS) is 15.2. The minimum atomic E-state index is -0.0163. The summed E-state index contributed by atoms with van der Waals surface area (Å²) in [5, 5.41) is 9.62. The van der Waals surface area contributed by atoms with Crippen molar-refractivity contribution < 1.29 is 4.79 Å². The van der Waals surface area contributed by atoms with Gasteiger partial charge in [0, 0.05) is 31.7 Å². The molecular weight excluding hydrogens is 415 g/mol. The zero-order valence-electron chi connectivity index (χ0n) is 14.8. The Morgan fingerprint density at radius 2 is 2.08 bits per heavy atom. The number of guanidine groups is 1. The predicted molar refractivity (Wildman–Crippen MR) is 110 cm³/mol. The van der Waals surface area contributed by atoms with Crippen molar-refractivity contribution in [3.8, 4) is 0 Å². The van der Waals surface area contributed by atoms with E-state index >= 15 is 0 Å². The molecule has 5 nitrogen and oxygen atoms in total. The van der Waals surface area contributed by atoms with E-state index in [4.69, 9.17) is 0 Å². The summed E-state index contributed by atoms with van der Waals surface area (Å²) >= 11 is 0. The summed E-state index contributed by atoms with van der Waals surface area (Å²) in [7, 11) is 1.78. The SMILES string of the molecule is CCC(C)NC(=O)c1cccc(CNC(=NC)NCC2CC2)c1.I. The molecule has 0 heterocycles. The Hall–Kier alpha value is -1.31. The van der Waals surface area contributed by atoms with E-state index in [2.05, 4.69) is 27.9 Å². The summed E-state index contributed by atoms with van der Waals surface area (Å²) in [4.78, 5) is 16.4. The van der Waals surface area contributed by atoms with Crippen LogP contribution >= 0.6 is 24.0 Å². The zero-order chi connectivity index (χ0) is 16.7. The number of carbonyl (C=O) groups is 1. The summed E-state index contributed by atoms with van der Waals surface area (Å²) in [5.74, 6) is 1.60. The van der Waals surface area contributed by atoms with Gasteiger partial charge in [-0.2, -0.15) is 0 Å². The average molecular weight is 444 g/mol. The highest BCUT2D eigenvalue weighted by Crippen LogP contribution is 2.27. The van der Waals surface area contributed by atoms with Crippen LogP contribution in [0.3, 0.4) is 0 Å². The molecule has 1 aromatic carbocycles. The maximum absolute atomic E-state index is 12.2. The molecule has 1 unspecified atom stereocenters. The Balaban J connectivity index is 0.00000288. The molecule has 0 bridgehead atoms. The van der Waals surface area contributed by atoms with E-state index in [1.807, 2.05) is 31.2 Å². The zero-order valence-corrected chi connectivity index (χ0v) is 17.1. The smallest absolute Gasteiger partial charge is 0.251 e. The highest BCUT2D eigenvalue weighted by atomic mass is 127. The van der Waals surface area contributed by atoms with Crippen molar-refractivity contribution >= 4 is 35.8 Å². The first-order chi connectivity index (χ1) is 11.1. The third-order valence-corrected chi connectivity index (χ3v) is 4.12. The van der Waals surface area contributed by atoms with Crippen LogP contribution in [0, 0.1) is 5.92 Å². The maximum Gasteiger partial charge on any atom is 0.251 e. The molecule has 134 valence electrons. The van der Waals surface area contributed by atoms with Crippen LogP contribution in [0.5, 0.6) is 0 Å². The summed E-state index contributed by atoms with van der Waals surface area (Å²) in [6.45, 7) is 5.70. The molecule has 1 aliphatic carbocycles. The van der Waals surface area contributed by atoms with Gasteiger partial charge in [-0.05, 0) is 49.8 Å². The highest BCUT2D eigenvalue weighted by molar-refractivity contribution is 14.0. The van der Waals surface area contributed by atoms with Crippen molar-refractivity contribution in [3.63, 3.8) is 0 Å². The van der Waals surface area contributed by atoms with Crippen molar-refractivity contribution in [1.82, 2.24) is 16.0 Å². The number of carbonyl (C=O) groups excluding carboxylic acids is 1. The Kier molecular flexibility index (Phi) is 9.10. The van der Waals surface area contributed by atoms with Crippen molar-refractivity contribution in [3.05, 3.63) is 35.4 Å². The van der Waals surface area contributed by atoms with Gasteiger partial charge in [0.25, 0.3) is 5.91 Å². The third kappa shape index (κ3) is 7.07. The second kappa shape index (κ2) is 10.5. The largest absolute Gasteiger partial charge is 0.356 e. The first-order valence-corrected chi connectivity index (χ1v) is 8.46. The number of benzene rings is 1. The fourth-order valence-electron chi connectivity index (χ4n) is 2.20. The number of amides is 1. The first kappa shape index (κ1) is 20.7. The fourth-order valence-corrected chi connectivity index (χ4v) is 2.20. The van der Waals surface area contributed by atoms with E-state index in [9.17, 15) is 4.79 Å². The van der Waals surface area contributed by atoms with Crippen LogP contribution in [-0.2, 0) is 6.54 Å². The second-order valence-corrected chi connectivity index (χ2v) is 6.23. The van der Waals surface area contributed by atoms with Crippen LogP contribution in [0.25, 0.3) is 0 Å². The summed E-state index contributed by atoms with van der Waals surface area (Å²) in [6, 6.07) is 7.90. The molecule has 24 heavy (non-hydrogen) atoms. The topological polar surface area (TPSA) is 65.5 Å². The summed E-state index contributed by atoms with van der Waals surface area (Å²) in [5.41, 5.74) is 1.77. The van der Waals surface area contributed by atoms with Crippen LogP contribution in [0.15, 0.2) is 29.3 Å². The Labute approximate surface area is 162 Å². The minimum Gasteiger partial charge on any atom is -0.356 e. The van der Waals surface area contributed by atoms with Gasteiger partial charge >= 0.3 is 0 Å². The van der Waals surface area contributed by atoms with E-state index < -0.39 is 0 Å². The predicted octanol–water partition coefficient (Wildman–Crippen LogP) is 2.91. The average Bonchev–Trinajstić information content (AvgIpc) is 3.39. The van der Waals surface area contributed by atoms with E-state index in [1.54, 1.807) is 7.05 Å². The van der Waals surface area contributed by atoms with Gasteiger partial charge in [0.15, 0.2) is 5.96 Å². The van der Waals surface area contributed by atoms with E-state index in [0.29, 0.717) is 12.1 Å². The molecule has 1 fully saturated rings. The van der Waals surface area contributed by atoms with Crippen molar-refractivity contribution in [2.75, 3.05) is 13.6 Å². The van der Waals surface area contributed by atoms with E-state index in [1.165, 1.54) is 12.8 Å². The lowest BCUT2D eigenvalue weighted by Gasteiger charge is -2.13. The lowest BCUT2D eigenvalue weighted by molar-refractivity contribution is 0.0939. The lowest BCUT2D eigenvalue weighted by atomic mass is 10.1. The quantitative estimate of drug-likeness (QED) is 0.344. The number of nitrogens with one attached hydrogen (secondary N) is 3. The van der Waals surface area contributed by atoms with Gasteiger partial charge in [-0.3, -0.25) is 9.79 Å². The first-order valence-electron chi connectivity index (χ1n) is 8.46. The highest BCUT2D eigenvalue weighted by Gasteiger charge is 2.21. The molecule has 0 spiro atoms. The maximum atomic E-state index is 12.2. The van der Waals surface area contributed by atoms with Gasteiger partial charge in [0.1, 0.15) is 0 Å². The number of hydrogen-bond acceptors (Lipinski definition) is 2. The van der Waals surface area contributed by atoms with Crippen LogP contribution < -0.4 is 16.0 Å². The van der Waals surface area contributed by atoms with Gasteiger partial charge in [0.05, 0.1) is 0 Å². The summed E-state index contributed by atoms with van der Waals surface area (Å²) in [6.07, 6.45) is 3.56. The molecule has 0 aliphatic heterocycles. The molecule has 0 saturated heterocycles. The molecule has 3 N–H and O–H groups in total. The number of halogens is 1. The second-order valence-electron chi connectivity index (χ2n) is 6.23. The summed E-state index contributed by atoms with van der Waals surface area (Å²) < 4.78 is 0. The van der Waals surface area contributed by atoms with Crippen LogP contribution in [0.1, 0.15) is 49.0 Å². The third-order valence-electron chi connectivity index (χ3n) is 4.12. The molecule has 1 aromatic rings.